The zero-order chi connectivity index (χ0) is 19.7. The molecule has 0 bridgehead atoms. The van der Waals surface area contributed by atoms with E-state index in [-0.39, 0.29) is 36.2 Å². The summed E-state index contributed by atoms with van der Waals surface area (Å²) in [6.45, 7) is 2.05. The molecule has 28 heavy (non-hydrogen) atoms. The Hall–Kier alpha value is -1.96. The van der Waals surface area contributed by atoms with Gasteiger partial charge in [-0.1, -0.05) is 37.1 Å². The minimum Gasteiger partial charge on any atom is -0.481 e. The zero-order valence-electron chi connectivity index (χ0n) is 15.9. The van der Waals surface area contributed by atoms with Crippen molar-refractivity contribution in [1.82, 2.24) is 9.71 Å². The molecule has 2 N–H and O–H groups in total. The van der Waals surface area contributed by atoms with Crippen molar-refractivity contribution in [3.05, 3.63) is 59.9 Å². The van der Waals surface area contributed by atoms with Crippen molar-refractivity contribution in [2.24, 2.45) is 0 Å². The summed E-state index contributed by atoms with van der Waals surface area (Å²) in [5.41, 5.74) is 1.68. The number of rotatable bonds is 11. The van der Waals surface area contributed by atoms with Gasteiger partial charge >= 0.3 is 5.97 Å². The van der Waals surface area contributed by atoms with Crippen LogP contribution in [0.25, 0.3) is 0 Å². The Kier molecular flexibility index (Phi) is 10.1. The number of nitrogens with zero attached hydrogens (tertiary/aromatic N) is 1. The monoisotopic (exact) mass is 426 g/mol. The number of hydrogen-bond acceptors (Lipinski definition) is 4. The Morgan fingerprint density at radius 2 is 1.89 bits per heavy atom. The second-order valence-electron chi connectivity index (χ2n) is 6.59. The number of pyridine rings is 1. The molecule has 0 fully saturated rings. The number of sulfonamides is 1. The molecule has 1 atom stereocenters. The van der Waals surface area contributed by atoms with Crippen LogP contribution in [0.2, 0.25) is 0 Å². The molecule has 1 aromatic heterocycles. The number of benzene rings is 1. The first-order valence-electron chi connectivity index (χ1n) is 9.07. The second kappa shape index (κ2) is 11.8. The lowest BCUT2D eigenvalue weighted by molar-refractivity contribution is -0.137. The molecule has 154 valence electrons. The average Bonchev–Trinajstić information content (AvgIpc) is 2.64. The van der Waals surface area contributed by atoms with Crippen molar-refractivity contribution in [2.45, 2.75) is 49.8 Å². The van der Waals surface area contributed by atoms with Crippen LogP contribution in [0.3, 0.4) is 0 Å². The van der Waals surface area contributed by atoms with Gasteiger partial charge in [0.25, 0.3) is 0 Å². The third-order valence-corrected chi connectivity index (χ3v) is 6.09. The number of carboxylic acid groups (broad SMARTS) is 1. The highest BCUT2D eigenvalue weighted by molar-refractivity contribution is 7.89. The fourth-order valence-electron chi connectivity index (χ4n) is 2.99. The smallest absolute Gasteiger partial charge is 0.303 e. The SMILES string of the molecule is Cc1ccccc1S(=O)(=O)NC[C@H](CCCCCC(=O)O)c1cccnc1.Cl. The third-order valence-electron chi connectivity index (χ3n) is 4.50. The Labute approximate surface area is 172 Å². The van der Waals surface area contributed by atoms with Crippen LogP contribution in [-0.4, -0.2) is 31.0 Å². The lowest BCUT2D eigenvalue weighted by Crippen LogP contribution is -2.29. The maximum absolute atomic E-state index is 12.6. The van der Waals surface area contributed by atoms with E-state index < -0.39 is 16.0 Å². The molecule has 0 saturated carbocycles. The van der Waals surface area contributed by atoms with Crippen LogP contribution >= 0.6 is 12.4 Å². The molecular formula is C20H27ClN2O4S. The zero-order valence-corrected chi connectivity index (χ0v) is 17.5. The van der Waals surface area contributed by atoms with Gasteiger partial charge in [0, 0.05) is 25.4 Å². The lowest BCUT2D eigenvalue weighted by atomic mass is 9.94. The Bertz CT molecular complexity index is 844. The number of carboxylic acids is 1. The summed E-state index contributed by atoms with van der Waals surface area (Å²) in [5.74, 6) is -0.799. The van der Waals surface area contributed by atoms with Gasteiger partial charge in [-0.25, -0.2) is 13.1 Å². The second-order valence-corrected chi connectivity index (χ2v) is 8.33. The summed E-state index contributed by atoms with van der Waals surface area (Å²) in [7, 11) is -3.59. The standard InChI is InChI=1S/C20H26N2O4S.ClH/c1-16-8-5-6-11-19(16)27(25,26)22-15-18(17-10-7-13-21-14-17)9-3-2-4-12-20(23)24;/h5-8,10-11,13-14,18,22H,2-4,9,12,15H2,1H3,(H,23,24);1H/t18-;/m0./s1. The first-order chi connectivity index (χ1) is 12.9. The summed E-state index contributed by atoms with van der Waals surface area (Å²) >= 11 is 0. The fourth-order valence-corrected chi connectivity index (χ4v) is 4.32. The number of aromatic nitrogens is 1. The molecule has 2 aromatic rings. The maximum atomic E-state index is 12.6. The molecule has 0 unspecified atom stereocenters. The van der Waals surface area contributed by atoms with Crippen molar-refractivity contribution >= 4 is 28.4 Å². The van der Waals surface area contributed by atoms with Gasteiger partial charge in [0.1, 0.15) is 0 Å². The highest BCUT2D eigenvalue weighted by atomic mass is 35.5. The molecule has 2 rings (SSSR count). The summed E-state index contributed by atoms with van der Waals surface area (Å²) in [5, 5.41) is 8.72. The van der Waals surface area contributed by atoms with E-state index in [2.05, 4.69) is 9.71 Å². The van der Waals surface area contributed by atoms with Crippen molar-refractivity contribution in [1.29, 1.82) is 0 Å². The molecule has 0 aliphatic heterocycles. The molecule has 6 nitrogen and oxygen atoms in total. The van der Waals surface area contributed by atoms with E-state index in [1.165, 1.54) is 0 Å². The van der Waals surface area contributed by atoms with Gasteiger partial charge in [-0.05, 0) is 48.9 Å². The first kappa shape index (κ1) is 24.1. The highest BCUT2D eigenvalue weighted by Crippen LogP contribution is 2.23. The van der Waals surface area contributed by atoms with Crippen molar-refractivity contribution in [3.63, 3.8) is 0 Å². The highest BCUT2D eigenvalue weighted by Gasteiger charge is 2.19. The van der Waals surface area contributed by atoms with E-state index in [9.17, 15) is 13.2 Å². The molecule has 0 spiro atoms. The van der Waals surface area contributed by atoms with Gasteiger partial charge < -0.3 is 5.11 Å². The number of hydrogen-bond donors (Lipinski definition) is 2. The van der Waals surface area contributed by atoms with E-state index >= 15 is 0 Å². The van der Waals surface area contributed by atoms with Gasteiger partial charge in [-0.15, -0.1) is 12.4 Å². The Balaban J connectivity index is 0.00000392. The number of carbonyl (C=O) groups is 1. The Morgan fingerprint density at radius 3 is 2.54 bits per heavy atom. The quantitative estimate of drug-likeness (QED) is 0.531. The molecule has 1 aromatic carbocycles. The minimum atomic E-state index is -3.59. The lowest BCUT2D eigenvalue weighted by Gasteiger charge is -2.18. The average molecular weight is 427 g/mol. The van der Waals surface area contributed by atoms with Crippen LogP contribution in [0, 0.1) is 6.92 Å². The summed E-state index contributed by atoms with van der Waals surface area (Å²) in [6, 6.07) is 10.7. The van der Waals surface area contributed by atoms with Crippen LogP contribution < -0.4 is 4.72 Å². The van der Waals surface area contributed by atoms with Crippen LogP contribution in [0.1, 0.15) is 49.1 Å². The van der Waals surface area contributed by atoms with Gasteiger partial charge in [-0.2, -0.15) is 0 Å². The van der Waals surface area contributed by atoms with Gasteiger partial charge in [0.2, 0.25) is 10.0 Å². The molecule has 8 heteroatoms. The van der Waals surface area contributed by atoms with E-state index in [1.54, 1.807) is 37.5 Å². The first-order valence-corrected chi connectivity index (χ1v) is 10.6. The maximum Gasteiger partial charge on any atom is 0.303 e. The van der Waals surface area contributed by atoms with E-state index in [0.29, 0.717) is 12.0 Å². The van der Waals surface area contributed by atoms with Crippen LogP contribution in [0.15, 0.2) is 53.7 Å². The normalized spacial score (nSPS) is 12.2. The summed E-state index contributed by atoms with van der Waals surface area (Å²) < 4.78 is 28.0. The third kappa shape index (κ3) is 7.58. The minimum absolute atomic E-state index is 0. The van der Waals surface area contributed by atoms with Crippen LogP contribution in [-0.2, 0) is 14.8 Å². The molecule has 0 radical (unpaired) electrons. The van der Waals surface area contributed by atoms with Gasteiger partial charge in [-0.3, -0.25) is 9.78 Å². The Morgan fingerprint density at radius 1 is 1.14 bits per heavy atom. The van der Waals surface area contributed by atoms with Gasteiger partial charge in [0.15, 0.2) is 0 Å². The fraction of sp³-hybridized carbons (Fsp3) is 0.400. The van der Waals surface area contributed by atoms with E-state index in [1.807, 2.05) is 18.2 Å². The molecule has 0 aliphatic carbocycles. The molecular weight excluding hydrogens is 400 g/mol. The molecule has 1 heterocycles. The van der Waals surface area contributed by atoms with Crippen molar-refractivity contribution in [3.8, 4) is 0 Å². The van der Waals surface area contributed by atoms with Gasteiger partial charge in [0.05, 0.1) is 4.90 Å². The van der Waals surface area contributed by atoms with E-state index in [0.717, 1.165) is 24.8 Å². The van der Waals surface area contributed by atoms with Crippen molar-refractivity contribution in [2.75, 3.05) is 6.54 Å². The number of aliphatic carboxylic acids is 1. The molecule has 0 aliphatic rings. The predicted octanol–water partition coefficient (Wildman–Crippen LogP) is 3.91. The number of unbranched alkanes of at least 4 members (excludes halogenated alkanes) is 2. The molecule has 0 saturated heterocycles. The molecule has 0 amide bonds. The predicted molar refractivity (Wildman–Crippen MR) is 111 cm³/mol. The largest absolute Gasteiger partial charge is 0.481 e. The van der Waals surface area contributed by atoms with Crippen molar-refractivity contribution < 1.29 is 18.3 Å². The number of halogens is 1. The summed E-state index contributed by atoms with van der Waals surface area (Å²) in [4.78, 5) is 15.0. The van der Waals surface area contributed by atoms with Crippen LogP contribution in [0.4, 0.5) is 0 Å². The topological polar surface area (TPSA) is 96.4 Å². The summed E-state index contributed by atoms with van der Waals surface area (Å²) in [6.07, 6.45) is 6.63. The number of aryl methyl sites for hydroxylation is 1. The van der Waals surface area contributed by atoms with E-state index in [4.69, 9.17) is 5.11 Å². The number of nitrogens with one attached hydrogen (secondary N) is 1. The van der Waals surface area contributed by atoms with Crippen LogP contribution in [0.5, 0.6) is 0 Å².